The highest BCUT2D eigenvalue weighted by atomic mass is 19.1. The molecular formula is C13H16FN3. The van der Waals surface area contributed by atoms with Gasteiger partial charge in [-0.1, -0.05) is 12.1 Å². The second-order valence-corrected chi connectivity index (χ2v) is 4.22. The molecule has 0 radical (unpaired) electrons. The summed E-state index contributed by atoms with van der Waals surface area (Å²) in [6, 6.07) is 6.66. The van der Waals surface area contributed by atoms with Gasteiger partial charge in [-0.25, -0.2) is 4.39 Å². The van der Waals surface area contributed by atoms with E-state index in [0.717, 1.165) is 16.9 Å². The lowest BCUT2D eigenvalue weighted by Crippen LogP contribution is -2.06. The maximum Gasteiger partial charge on any atom is 0.123 e. The lowest BCUT2D eigenvalue weighted by atomic mass is 10.1. The molecule has 1 atom stereocenters. The minimum Gasteiger partial charge on any atom is -0.376 e. The molecule has 0 spiro atoms. The second-order valence-electron chi connectivity index (χ2n) is 4.22. The van der Waals surface area contributed by atoms with Gasteiger partial charge >= 0.3 is 0 Å². The van der Waals surface area contributed by atoms with Crippen molar-refractivity contribution in [2.45, 2.75) is 19.9 Å². The number of hydrogen-bond acceptors (Lipinski definition) is 2. The smallest absolute Gasteiger partial charge is 0.123 e. The summed E-state index contributed by atoms with van der Waals surface area (Å²) in [4.78, 5) is 0. The number of aryl methyl sites for hydroxylation is 2. The van der Waals surface area contributed by atoms with E-state index < -0.39 is 0 Å². The van der Waals surface area contributed by atoms with Gasteiger partial charge in [0.1, 0.15) is 5.82 Å². The molecule has 1 unspecified atom stereocenters. The molecule has 0 aliphatic heterocycles. The van der Waals surface area contributed by atoms with Gasteiger partial charge in [0.2, 0.25) is 0 Å². The number of hydrogen-bond donors (Lipinski definition) is 1. The van der Waals surface area contributed by atoms with Crippen molar-refractivity contribution < 1.29 is 4.39 Å². The maximum absolute atomic E-state index is 12.8. The summed E-state index contributed by atoms with van der Waals surface area (Å²) < 4.78 is 14.6. The van der Waals surface area contributed by atoms with Gasteiger partial charge in [0.05, 0.1) is 11.4 Å². The highest BCUT2D eigenvalue weighted by molar-refractivity contribution is 5.47. The fourth-order valence-corrected chi connectivity index (χ4v) is 1.81. The Bertz CT molecular complexity index is 502. The van der Waals surface area contributed by atoms with Gasteiger partial charge in [-0.2, -0.15) is 5.10 Å². The molecule has 4 heteroatoms. The van der Waals surface area contributed by atoms with Crippen LogP contribution in [-0.2, 0) is 7.05 Å². The van der Waals surface area contributed by atoms with E-state index in [2.05, 4.69) is 10.4 Å². The molecule has 0 bridgehead atoms. The third-order valence-electron chi connectivity index (χ3n) is 2.76. The van der Waals surface area contributed by atoms with Crippen molar-refractivity contribution in [3.05, 3.63) is 47.5 Å². The van der Waals surface area contributed by atoms with Crippen molar-refractivity contribution in [3.8, 4) is 0 Å². The Hall–Kier alpha value is -1.84. The minimum atomic E-state index is -0.210. The zero-order valence-corrected chi connectivity index (χ0v) is 10.2. The predicted molar refractivity (Wildman–Crippen MR) is 66.4 cm³/mol. The fourth-order valence-electron chi connectivity index (χ4n) is 1.81. The van der Waals surface area contributed by atoms with Crippen molar-refractivity contribution >= 4 is 5.69 Å². The number of nitrogens with zero attached hydrogens (tertiary/aromatic N) is 2. The van der Waals surface area contributed by atoms with Gasteiger partial charge in [-0.3, -0.25) is 4.68 Å². The summed E-state index contributed by atoms with van der Waals surface area (Å²) in [5.41, 5.74) is 3.01. The molecule has 0 saturated heterocycles. The van der Waals surface area contributed by atoms with Crippen molar-refractivity contribution in [3.63, 3.8) is 0 Å². The number of aromatic nitrogens is 2. The van der Waals surface area contributed by atoms with Crippen LogP contribution in [0.4, 0.5) is 10.1 Å². The Morgan fingerprint density at radius 3 is 2.47 bits per heavy atom. The van der Waals surface area contributed by atoms with Crippen molar-refractivity contribution in [2.24, 2.45) is 7.05 Å². The monoisotopic (exact) mass is 233 g/mol. The SMILES string of the molecule is Cc1nn(C)cc1NC(C)c1ccc(F)cc1. The quantitative estimate of drug-likeness (QED) is 0.883. The lowest BCUT2D eigenvalue weighted by molar-refractivity contribution is 0.626. The van der Waals surface area contributed by atoms with Gasteiger partial charge in [-0.15, -0.1) is 0 Å². The topological polar surface area (TPSA) is 29.9 Å². The fraction of sp³-hybridized carbons (Fsp3) is 0.308. The summed E-state index contributed by atoms with van der Waals surface area (Å²) in [5.74, 6) is -0.210. The van der Waals surface area contributed by atoms with Crippen molar-refractivity contribution in [2.75, 3.05) is 5.32 Å². The molecular weight excluding hydrogens is 217 g/mol. The van der Waals surface area contributed by atoms with Crippen LogP contribution in [0.2, 0.25) is 0 Å². The second kappa shape index (κ2) is 4.57. The van der Waals surface area contributed by atoms with Crippen LogP contribution in [0.3, 0.4) is 0 Å². The van der Waals surface area contributed by atoms with Crippen LogP contribution in [0.25, 0.3) is 0 Å². The number of anilines is 1. The number of halogens is 1. The molecule has 1 heterocycles. The summed E-state index contributed by atoms with van der Waals surface area (Å²) >= 11 is 0. The van der Waals surface area contributed by atoms with Crippen molar-refractivity contribution in [1.29, 1.82) is 0 Å². The Labute approximate surface area is 100 Å². The van der Waals surface area contributed by atoms with E-state index in [1.807, 2.05) is 27.1 Å². The van der Waals surface area contributed by atoms with Crippen LogP contribution in [0.1, 0.15) is 24.2 Å². The number of rotatable bonds is 3. The van der Waals surface area contributed by atoms with Crippen LogP contribution in [-0.4, -0.2) is 9.78 Å². The molecule has 0 aliphatic rings. The van der Waals surface area contributed by atoms with Crippen LogP contribution in [0.15, 0.2) is 30.5 Å². The summed E-state index contributed by atoms with van der Waals surface area (Å²) in [6.07, 6.45) is 1.94. The van der Waals surface area contributed by atoms with E-state index in [1.165, 1.54) is 12.1 Å². The van der Waals surface area contributed by atoms with E-state index >= 15 is 0 Å². The average molecular weight is 233 g/mol. The molecule has 2 rings (SSSR count). The summed E-state index contributed by atoms with van der Waals surface area (Å²) in [6.45, 7) is 4.00. The van der Waals surface area contributed by atoms with Crippen LogP contribution in [0.5, 0.6) is 0 Å². The van der Waals surface area contributed by atoms with E-state index in [1.54, 1.807) is 16.8 Å². The Kier molecular flexibility index (Phi) is 3.13. The van der Waals surface area contributed by atoms with Gasteiger partial charge in [-0.05, 0) is 31.5 Å². The van der Waals surface area contributed by atoms with Gasteiger partial charge in [0.15, 0.2) is 0 Å². The average Bonchev–Trinajstić information content (AvgIpc) is 2.58. The molecule has 2 aromatic rings. The van der Waals surface area contributed by atoms with Gasteiger partial charge < -0.3 is 5.32 Å². The Morgan fingerprint density at radius 1 is 1.29 bits per heavy atom. The van der Waals surface area contributed by atoms with E-state index in [9.17, 15) is 4.39 Å². The molecule has 17 heavy (non-hydrogen) atoms. The van der Waals surface area contributed by atoms with Crippen LogP contribution >= 0.6 is 0 Å². The first-order chi connectivity index (χ1) is 8.06. The first-order valence-electron chi connectivity index (χ1n) is 5.58. The van der Waals surface area contributed by atoms with E-state index in [0.29, 0.717) is 0 Å². The largest absolute Gasteiger partial charge is 0.376 e. The van der Waals surface area contributed by atoms with Crippen LogP contribution in [0, 0.1) is 12.7 Å². The molecule has 1 N–H and O–H groups in total. The molecule has 0 fully saturated rings. The summed E-state index contributed by atoms with van der Waals surface area (Å²) in [5, 5.41) is 7.63. The minimum absolute atomic E-state index is 0.124. The standard InChI is InChI=1S/C13H16FN3/c1-9(11-4-6-12(14)7-5-11)15-13-8-17(3)16-10(13)2/h4-9,15H,1-3H3. The molecule has 0 aliphatic carbocycles. The predicted octanol–water partition coefficient (Wildman–Crippen LogP) is 3.04. The molecule has 0 saturated carbocycles. The zero-order valence-electron chi connectivity index (χ0n) is 10.2. The van der Waals surface area contributed by atoms with Gasteiger partial charge in [0, 0.05) is 19.3 Å². The van der Waals surface area contributed by atoms with E-state index in [4.69, 9.17) is 0 Å². The molecule has 3 nitrogen and oxygen atoms in total. The highest BCUT2D eigenvalue weighted by Crippen LogP contribution is 2.21. The Morgan fingerprint density at radius 2 is 1.94 bits per heavy atom. The first kappa shape index (κ1) is 11.6. The Balaban J connectivity index is 2.13. The molecule has 1 aromatic heterocycles. The molecule has 1 aromatic carbocycles. The van der Waals surface area contributed by atoms with Gasteiger partial charge in [0.25, 0.3) is 0 Å². The van der Waals surface area contributed by atoms with E-state index in [-0.39, 0.29) is 11.9 Å². The third-order valence-corrected chi connectivity index (χ3v) is 2.76. The molecule has 0 amide bonds. The maximum atomic E-state index is 12.8. The first-order valence-corrected chi connectivity index (χ1v) is 5.58. The number of benzene rings is 1. The van der Waals surface area contributed by atoms with Crippen LogP contribution < -0.4 is 5.32 Å². The highest BCUT2D eigenvalue weighted by Gasteiger charge is 2.09. The normalized spacial score (nSPS) is 12.5. The third kappa shape index (κ3) is 2.64. The number of nitrogens with one attached hydrogen (secondary N) is 1. The zero-order chi connectivity index (χ0) is 12.4. The lowest BCUT2D eigenvalue weighted by Gasteiger charge is -2.14. The molecule has 90 valence electrons. The van der Waals surface area contributed by atoms with Crippen molar-refractivity contribution in [1.82, 2.24) is 9.78 Å². The summed E-state index contributed by atoms with van der Waals surface area (Å²) in [7, 11) is 1.89.